The van der Waals surface area contributed by atoms with Gasteiger partial charge in [0.05, 0.1) is 19.1 Å². The van der Waals surface area contributed by atoms with Crippen molar-refractivity contribution in [2.75, 3.05) is 32.9 Å². The number of esters is 1. The van der Waals surface area contributed by atoms with E-state index in [0.29, 0.717) is 39.2 Å². The summed E-state index contributed by atoms with van der Waals surface area (Å²) in [5.74, 6) is 0.193. The lowest BCUT2D eigenvalue weighted by Crippen LogP contribution is -2.34. The van der Waals surface area contributed by atoms with Crippen LogP contribution in [0.5, 0.6) is 0 Å². The molecule has 0 radical (unpaired) electrons. The molecule has 0 fully saturated rings. The van der Waals surface area contributed by atoms with Gasteiger partial charge >= 0.3 is 18.2 Å². The average molecular weight is 809 g/mol. The summed E-state index contributed by atoms with van der Waals surface area (Å²) < 4.78 is 20.9. The fourth-order valence-corrected chi connectivity index (χ4v) is 7.13. The molecule has 2 aromatic rings. The van der Waals surface area contributed by atoms with E-state index in [4.69, 9.17) is 14.2 Å². The van der Waals surface area contributed by atoms with Gasteiger partial charge in [-0.2, -0.15) is 0 Å². The summed E-state index contributed by atoms with van der Waals surface area (Å²) in [6.07, 6.45) is 20.6. The number of hydrogen-bond acceptors (Lipinski definition) is 8. The molecule has 326 valence electrons. The largest absolute Gasteiger partial charge is 0.468 e. The predicted molar refractivity (Wildman–Crippen MR) is 233 cm³/mol. The zero-order chi connectivity index (χ0) is 42.3. The van der Waals surface area contributed by atoms with Gasteiger partial charge < -0.3 is 29.6 Å². The molecule has 0 aromatic heterocycles. The van der Waals surface area contributed by atoms with Crippen LogP contribution in [0, 0.1) is 5.92 Å². The lowest BCUT2D eigenvalue weighted by Gasteiger charge is -2.19. The number of hydrogen-bond donors (Lipinski definition) is 2. The van der Waals surface area contributed by atoms with Crippen LogP contribution in [0.3, 0.4) is 0 Å². The third-order valence-corrected chi connectivity index (χ3v) is 10.2. The van der Waals surface area contributed by atoms with Gasteiger partial charge in [0.25, 0.3) is 6.47 Å². The van der Waals surface area contributed by atoms with Crippen molar-refractivity contribution in [1.29, 1.82) is 0 Å². The molecule has 10 nitrogen and oxygen atoms in total. The number of benzene rings is 2. The van der Waals surface area contributed by atoms with Gasteiger partial charge in [0.1, 0.15) is 12.2 Å². The van der Waals surface area contributed by atoms with E-state index in [-0.39, 0.29) is 24.4 Å². The monoisotopic (exact) mass is 809 g/mol. The molecule has 0 heterocycles. The molecular formula is C48H76N2O8. The number of nitrogens with one attached hydrogen (secondary N) is 2. The van der Waals surface area contributed by atoms with Gasteiger partial charge in [-0.1, -0.05) is 152 Å². The van der Waals surface area contributed by atoms with Crippen molar-refractivity contribution in [1.82, 2.24) is 10.6 Å². The predicted octanol–water partition coefficient (Wildman–Crippen LogP) is 11.8. The SMILES string of the molecule is CC(C)(C)OC(=O)NCCCNC(=O)OCC1c2ccccc2-c2ccccc21.CCCCCCCCC(CCCCCC)C(=O)OCCCCCCCCOC=O. The second-order valence-electron chi connectivity index (χ2n) is 16.4. The Hall–Kier alpha value is -4.08. The number of carbonyl (C=O) groups is 4. The molecule has 2 N–H and O–H groups in total. The fourth-order valence-electron chi connectivity index (χ4n) is 7.13. The van der Waals surface area contributed by atoms with Crippen LogP contribution in [0.2, 0.25) is 0 Å². The average Bonchev–Trinajstić information content (AvgIpc) is 3.52. The second-order valence-corrected chi connectivity index (χ2v) is 16.4. The Morgan fingerprint density at radius 3 is 1.66 bits per heavy atom. The van der Waals surface area contributed by atoms with E-state index in [1.54, 1.807) is 0 Å². The molecule has 0 aliphatic heterocycles. The summed E-state index contributed by atoms with van der Waals surface area (Å²) in [6, 6.07) is 16.4. The van der Waals surface area contributed by atoms with Crippen LogP contribution in [0.1, 0.15) is 174 Å². The molecule has 0 bridgehead atoms. The van der Waals surface area contributed by atoms with Crippen molar-refractivity contribution in [3.05, 3.63) is 59.7 Å². The van der Waals surface area contributed by atoms with Crippen molar-refractivity contribution < 1.29 is 38.1 Å². The number of fused-ring (bicyclic) bond motifs is 3. The maximum absolute atomic E-state index is 12.5. The summed E-state index contributed by atoms with van der Waals surface area (Å²) >= 11 is 0. The van der Waals surface area contributed by atoms with E-state index in [0.717, 1.165) is 64.2 Å². The molecule has 0 saturated carbocycles. The first-order valence-corrected chi connectivity index (χ1v) is 22.4. The Morgan fingerprint density at radius 2 is 1.10 bits per heavy atom. The van der Waals surface area contributed by atoms with Crippen molar-refractivity contribution in [2.24, 2.45) is 5.92 Å². The molecular weight excluding hydrogens is 733 g/mol. The highest BCUT2D eigenvalue weighted by atomic mass is 16.6. The molecule has 0 saturated heterocycles. The Balaban J connectivity index is 0.000000400. The van der Waals surface area contributed by atoms with E-state index in [2.05, 4.69) is 53.5 Å². The number of carbonyl (C=O) groups excluding carboxylic acids is 4. The highest BCUT2D eigenvalue weighted by Crippen LogP contribution is 2.44. The summed E-state index contributed by atoms with van der Waals surface area (Å²) in [5.41, 5.74) is 4.24. The lowest BCUT2D eigenvalue weighted by molar-refractivity contribution is -0.149. The Labute approximate surface area is 350 Å². The summed E-state index contributed by atoms with van der Waals surface area (Å²) in [5, 5.41) is 5.38. The second kappa shape index (κ2) is 30.9. The molecule has 2 aromatic carbocycles. The van der Waals surface area contributed by atoms with Crippen molar-refractivity contribution in [3.8, 4) is 11.1 Å². The van der Waals surface area contributed by atoms with Crippen molar-refractivity contribution in [3.63, 3.8) is 0 Å². The number of rotatable bonds is 29. The zero-order valence-electron chi connectivity index (χ0n) is 36.6. The molecule has 1 aliphatic rings. The Kier molecular flexibility index (Phi) is 26.7. The van der Waals surface area contributed by atoms with E-state index >= 15 is 0 Å². The lowest BCUT2D eigenvalue weighted by atomic mass is 9.94. The summed E-state index contributed by atoms with van der Waals surface area (Å²) in [6.45, 7) is 12.6. The topological polar surface area (TPSA) is 129 Å². The zero-order valence-corrected chi connectivity index (χ0v) is 36.6. The maximum atomic E-state index is 12.5. The minimum atomic E-state index is -0.524. The van der Waals surface area contributed by atoms with Gasteiger partial charge in [0.2, 0.25) is 0 Å². The van der Waals surface area contributed by atoms with Gasteiger partial charge in [0.15, 0.2) is 0 Å². The van der Waals surface area contributed by atoms with Crippen molar-refractivity contribution >= 4 is 24.6 Å². The normalized spacial score (nSPS) is 12.3. The molecule has 2 amide bonds. The molecule has 1 atom stereocenters. The fraction of sp³-hybridized carbons (Fsp3) is 0.667. The molecule has 10 heteroatoms. The van der Waals surface area contributed by atoms with Crippen LogP contribution >= 0.6 is 0 Å². The number of unbranched alkanes of at least 4 members (excludes halogenated alkanes) is 13. The van der Waals surface area contributed by atoms with Crippen molar-refractivity contribution in [2.45, 2.75) is 168 Å². The standard InChI is InChI=1S/C25H48O4.C23H28N2O4/c1-3-5-7-9-12-16-20-24(19-15-8-6-4-2)25(27)29-22-18-14-11-10-13-17-21-28-23-26;1-23(2,3)29-22(27)25-14-8-13-24-21(26)28-15-20-18-11-6-4-9-16(18)17-10-5-7-12-19(17)20/h23-24H,3-22H2,1-2H3;4-7,9-12,20H,8,13-15H2,1-3H3,(H,24,26)(H,25,27). The quantitative estimate of drug-likeness (QED) is 0.0360. The molecule has 1 aliphatic carbocycles. The molecule has 0 spiro atoms. The van der Waals surface area contributed by atoms with E-state index in [9.17, 15) is 19.2 Å². The van der Waals surface area contributed by atoms with Gasteiger partial charge in [0, 0.05) is 19.0 Å². The Bertz CT molecular complexity index is 1380. The first-order chi connectivity index (χ1) is 28.1. The van der Waals surface area contributed by atoms with Gasteiger partial charge in [-0.25, -0.2) is 9.59 Å². The van der Waals surface area contributed by atoms with Crippen LogP contribution in [0.15, 0.2) is 48.5 Å². The van der Waals surface area contributed by atoms with E-state index in [1.165, 1.54) is 73.6 Å². The smallest absolute Gasteiger partial charge is 0.407 e. The first-order valence-electron chi connectivity index (χ1n) is 22.4. The highest BCUT2D eigenvalue weighted by molar-refractivity contribution is 5.79. The summed E-state index contributed by atoms with van der Waals surface area (Å²) in [7, 11) is 0. The minimum Gasteiger partial charge on any atom is -0.468 e. The van der Waals surface area contributed by atoms with Gasteiger partial charge in [-0.15, -0.1) is 0 Å². The van der Waals surface area contributed by atoms with Crippen LogP contribution in [0.4, 0.5) is 9.59 Å². The third-order valence-electron chi connectivity index (χ3n) is 10.2. The Morgan fingerprint density at radius 1 is 0.621 bits per heavy atom. The number of alkyl carbamates (subject to hydrolysis) is 2. The number of amides is 2. The maximum Gasteiger partial charge on any atom is 0.407 e. The third kappa shape index (κ3) is 22.2. The van der Waals surface area contributed by atoms with Crippen LogP contribution in [-0.4, -0.2) is 63.1 Å². The van der Waals surface area contributed by atoms with Crippen LogP contribution < -0.4 is 10.6 Å². The summed E-state index contributed by atoms with van der Waals surface area (Å²) in [4.78, 5) is 46.2. The van der Waals surface area contributed by atoms with Crippen LogP contribution in [-0.2, 0) is 28.5 Å². The number of ether oxygens (including phenoxy) is 4. The van der Waals surface area contributed by atoms with Gasteiger partial charge in [-0.05, 0) is 75.1 Å². The molecule has 3 rings (SSSR count). The first kappa shape index (κ1) is 50.1. The molecule has 1 unspecified atom stereocenters. The minimum absolute atomic E-state index is 0.0427. The van der Waals surface area contributed by atoms with Gasteiger partial charge in [-0.3, -0.25) is 9.59 Å². The van der Waals surface area contributed by atoms with E-state index in [1.807, 2.05) is 45.0 Å². The highest BCUT2D eigenvalue weighted by Gasteiger charge is 2.29. The molecule has 58 heavy (non-hydrogen) atoms. The van der Waals surface area contributed by atoms with Crippen LogP contribution in [0.25, 0.3) is 11.1 Å². The van der Waals surface area contributed by atoms with E-state index < -0.39 is 17.8 Å².